The molecule has 1 heteroatoms. The molecule has 0 spiro atoms. The first-order valence-electron chi connectivity index (χ1n) is 8.33. The van der Waals surface area contributed by atoms with E-state index in [4.69, 9.17) is 11.6 Å². The maximum absolute atomic E-state index is 6.92. The van der Waals surface area contributed by atoms with E-state index in [1.165, 1.54) is 10.8 Å². The average molecular weight is 341 g/mol. The maximum Gasteiger partial charge on any atom is 0.0562 e. The van der Waals surface area contributed by atoms with Crippen LogP contribution in [0.15, 0.2) is 103 Å². The first-order chi connectivity index (χ1) is 12.3. The first kappa shape index (κ1) is 15.7. The number of hydrogen-bond donors (Lipinski definition) is 0. The third-order valence-corrected chi connectivity index (χ3v) is 4.78. The number of hydrogen-bond acceptors (Lipinski definition) is 0. The summed E-state index contributed by atoms with van der Waals surface area (Å²) in [7, 11) is 0. The van der Waals surface area contributed by atoms with Crippen LogP contribution in [0, 0.1) is 0 Å². The van der Waals surface area contributed by atoms with Gasteiger partial charge in [-0.05, 0) is 27.5 Å². The minimum Gasteiger partial charge on any atom is -0.0830 e. The van der Waals surface area contributed by atoms with Gasteiger partial charge in [-0.3, -0.25) is 0 Å². The molecule has 0 N–H and O–H groups in total. The molecule has 0 saturated heterocycles. The van der Waals surface area contributed by atoms with E-state index >= 15 is 0 Å². The van der Waals surface area contributed by atoms with Crippen molar-refractivity contribution in [2.24, 2.45) is 0 Å². The number of halogens is 1. The van der Waals surface area contributed by atoms with Crippen molar-refractivity contribution in [3.63, 3.8) is 0 Å². The van der Waals surface area contributed by atoms with Gasteiger partial charge in [-0.1, -0.05) is 115 Å². The van der Waals surface area contributed by atoms with Gasteiger partial charge in [0.1, 0.15) is 0 Å². The van der Waals surface area contributed by atoms with Gasteiger partial charge in [0.05, 0.1) is 5.03 Å². The van der Waals surface area contributed by atoms with Crippen molar-refractivity contribution in [3.8, 4) is 0 Å². The van der Waals surface area contributed by atoms with Crippen LogP contribution in [0.5, 0.6) is 0 Å². The second kappa shape index (κ2) is 6.96. The zero-order valence-corrected chi connectivity index (χ0v) is 14.4. The van der Waals surface area contributed by atoms with Gasteiger partial charge < -0.3 is 0 Å². The Labute approximate surface area is 153 Å². The first-order valence-corrected chi connectivity index (χ1v) is 8.71. The second-order valence-corrected chi connectivity index (χ2v) is 6.33. The standard InChI is InChI=1S/C24H17Cl/c25-24(20-13-5-2-6-14-20)23(19-11-3-1-4-12-19)22-17-9-15-18-10-7-8-16-21(18)22/h1-17H/b24-23+. The van der Waals surface area contributed by atoms with E-state index < -0.39 is 0 Å². The highest BCUT2D eigenvalue weighted by Crippen LogP contribution is 2.37. The van der Waals surface area contributed by atoms with E-state index in [-0.39, 0.29) is 0 Å². The van der Waals surface area contributed by atoms with Crippen molar-refractivity contribution < 1.29 is 0 Å². The zero-order valence-electron chi connectivity index (χ0n) is 13.7. The van der Waals surface area contributed by atoms with Gasteiger partial charge in [0.15, 0.2) is 0 Å². The van der Waals surface area contributed by atoms with Crippen LogP contribution in [0.1, 0.15) is 16.7 Å². The predicted molar refractivity (Wildman–Crippen MR) is 109 cm³/mol. The quantitative estimate of drug-likeness (QED) is 0.352. The van der Waals surface area contributed by atoms with Gasteiger partial charge in [0.25, 0.3) is 0 Å². The predicted octanol–water partition coefficient (Wildman–Crippen LogP) is 7.00. The number of benzene rings is 4. The molecule has 0 bridgehead atoms. The fourth-order valence-electron chi connectivity index (χ4n) is 3.18. The highest BCUT2D eigenvalue weighted by molar-refractivity contribution is 6.53. The smallest absolute Gasteiger partial charge is 0.0562 e. The van der Waals surface area contributed by atoms with Gasteiger partial charge in [0, 0.05) is 5.57 Å². The highest BCUT2D eigenvalue weighted by atomic mass is 35.5. The van der Waals surface area contributed by atoms with Crippen LogP contribution in [-0.2, 0) is 0 Å². The van der Waals surface area contributed by atoms with E-state index in [2.05, 4.69) is 78.9 Å². The van der Waals surface area contributed by atoms with Gasteiger partial charge in [-0.2, -0.15) is 0 Å². The Bertz CT molecular complexity index is 1030. The van der Waals surface area contributed by atoms with Crippen molar-refractivity contribution in [2.45, 2.75) is 0 Å². The number of rotatable bonds is 3. The summed E-state index contributed by atoms with van der Waals surface area (Å²) in [5.41, 5.74) is 4.35. The molecular weight excluding hydrogens is 324 g/mol. The lowest BCUT2D eigenvalue weighted by Gasteiger charge is -2.15. The van der Waals surface area contributed by atoms with Crippen LogP contribution in [0.2, 0.25) is 0 Å². The summed E-state index contributed by atoms with van der Waals surface area (Å²) in [5, 5.41) is 3.19. The van der Waals surface area contributed by atoms with Crippen LogP contribution in [-0.4, -0.2) is 0 Å². The summed E-state index contributed by atoms with van der Waals surface area (Å²) in [6.07, 6.45) is 0. The average Bonchev–Trinajstić information content (AvgIpc) is 2.70. The Morgan fingerprint density at radius 3 is 1.80 bits per heavy atom. The SMILES string of the molecule is Cl/C(=C(\c1ccccc1)c1cccc2ccccc12)c1ccccc1. The van der Waals surface area contributed by atoms with E-state index in [0.29, 0.717) is 0 Å². The lowest BCUT2D eigenvalue weighted by atomic mass is 9.91. The van der Waals surface area contributed by atoms with Gasteiger partial charge in [-0.25, -0.2) is 0 Å². The molecule has 0 nitrogen and oxygen atoms in total. The summed E-state index contributed by atoms with van der Waals surface area (Å²) in [4.78, 5) is 0. The lowest BCUT2D eigenvalue weighted by Crippen LogP contribution is -1.93. The molecule has 0 fully saturated rings. The van der Waals surface area contributed by atoms with Crippen LogP contribution >= 0.6 is 11.6 Å². The Morgan fingerprint density at radius 2 is 1.08 bits per heavy atom. The zero-order chi connectivity index (χ0) is 17.1. The van der Waals surface area contributed by atoms with Crippen LogP contribution in [0.3, 0.4) is 0 Å². The molecule has 120 valence electrons. The molecular formula is C24H17Cl. The van der Waals surface area contributed by atoms with Gasteiger partial charge in [0.2, 0.25) is 0 Å². The maximum atomic E-state index is 6.92. The van der Waals surface area contributed by atoms with E-state index in [0.717, 1.165) is 27.3 Å². The molecule has 0 atom stereocenters. The van der Waals surface area contributed by atoms with Crippen molar-refractivity contribution >= 4 is 33.0 Å². The van der Waals surface area contributed by atoms with Crippen LogP contribution in [0.4, 0.5) is 0 Å². The minimum atomic E-state index is 0.767. The van der Waals surface area contributed by atoms with Crippen LogP contribution in [0.25, 0.3) is 21.4 Å². The van der Waals surface area contributed by atoms with Crippen molar-refractivity contribution in [1.29, 1.82) is 0 Å². The summed E-state index contributed by atoms with van der Waals surface area (Å²) < 4.78 is 0. The molecule has 0 aliphatic rings. The largest absolute Gasteiger partial charge is 0.0830 e. The second-order valence-electron chi connectivity index (χ2n) is 5.95. The van der Waals surface area contributed by atoms with Gasteiger partial charge in [-0.15, -0.1) is 0 Å². The normalized spacial score (nSPS) is 12.0. The summed E-state index contributed by atoms with van der Waals surface area (Å²) in [6, 6.07) is 35.3. The Balaban J connectivity index is 2.05. The van der Waals surface area contributed by atoms with Gasteiger partial charge >= 0.3 is 0 Å². The molecule has 0 radical (unpaired) electrons. The Morgan fingerprint density at radius 1 is 0.520 bits per heavy atom. The minimum absolute atomic E-state index is 0.767. The summed E-state index contributed by atoms with van der Waals surface area (Å²) >= 11 is 6.92. The van der Waals surface area contributed by atoms with Crippen LogP contribution < -0.4 is 0 Å². The number of fused-ring (bicyclic) bond motifs is 1. The highest BCUT2D eigenvalue weighted by Gasteiger charge is 2.14. The van der Waals surface area contributed by atoms with Crippen molar-refractivity contribution in [1.82, 2.24) is 0 Å². The molecule has 0 heterocycles. The Kier molecular flexibility index (Phi) is 4.37. The topological polar surface area (TPSA) is 0 Å². The molecule has 0 unspecified atom stereocenters. The third-order valence-electron chi connectivity index (χ3n) is 4.37. The third kappa shape index (κ3) is 3.09. The summed E-state index contributed by atoms with van der Waals surface area (Å²) in [6.45, 7) is 0. The fraction of sp³-hybridized carbons (Fsp3) is 0. The van der Waals surface area contributed by atoms with Crippen molar-refractivity contribution in [2.75, 3.05) is 0 Å². The molecule has 4 aromatic carbocycles. The van der Waals surface area contributed by atoms with E-state index in [9.17, 15) is 0 Å². The molecule has 0 aliphatic heterocycles. The molecule has 0 aliphatic carbocycles. The molecule has 0 saturated carbocycles. The summed E-state index contributed by atoms with van der Waals surface area (Å²) in [5.74, 6) is 0. The molecule has 4 rings (SSSR count). The fourth-order valence-corrected chi connectivity index (χ4v) is 3.51. The molecule has 4 aromatic rings. The van der Waals surface area contributed by atoms with E-state index in [1.807, 2.05) is 24.3 Å². The van der Waals surface area contributed by atoms with E-state index in [1.54, 1.807) is 0 Å². The lowest BCUT2D eigenvalue weighted by molar-refractivity contribution is 1.57. The molecule has 25 heavy (non-hydrogen) atoms. The Hall–Kier alpha value is -2.83. The monoisotopic (exact) mass is 340 g/mol. The molecule has 0 aromatic heterocycles. The van der Waals surface area contributed by atoms with Crippen molar-refractivity contribution in [3.05, 3.63) is 120 Å². The molecule has 0 amide bonds.